The molecule has 2 aliphatic heterocycles. The minimum Gasteiger partial charge on any atom is -0.444 e. The van der Waals surface area contributed by atoms with Gasteiger partial charge in [-0.2, -0.15) is 0 Å². The molecule has 17 heavy (non-hydrogen) atoms. The highest BCUT2D eigenvalue weighted by atomic mass is 16.6. The summed E-state index contributed by atoms with van der Waals surface area (Å²) in [5.74, 6) is 0. The summed E-state index contributed by atoms with van der Waals surface area (Å²) in [6.45, 7) is 7.11. The molecule has 0 radical (unpaired) electrons. The third kappa shape index (κ3) is 2.55. The van der Waals surface area contributed by atoms with Gasteiger partial charge in [-0.25, -0.2) is 4.79 Å². The van der Waals surface area contributed by atoms with Crippen molar-refractivity contribution in [3.63, 3.8) is 0 Å². The molecular formula is C12H21NO4. The number of β-amino-alcohol motifs (C(OH)–C–C–N with tert-alkyl or cyclic N) is 1. The van der Waals surface area contributed by atoms with Crippen molar-refractivity contribution in [1.29, 1.82) is 0 Å². The van der Waals surface area contributed by atoms with Crippen molar-refractivity contribution in [2.45, 2.75) is 50.9 Å². The molecular weight excluding hydrogens is 222 g/mol. The fraction of sp³-hybridized carbons (Fsp3) is 0.917. The van der Waals surface area contributed by atoms with Crippen LogP contribution >= 0.6 is 0 Å². The molecule has 5 heteroatoms. The summed E-state index contributed by atoms with van der Waals surface area (Å²) in [7, 11) is 0. The zero-order valence-electron chi connectivity index (χ0n) is 10.7. The van der Waals surface area contributed by atoms with Crippen LogP contribution in [-0.4, -0.2) is 53.1 Å². The SMILES string of the molecule is CC(C)(C)OC(=O)N1CCC2(CCO2)C(O)C1. The monoisotopic (exact) mass is 243 g/mol. The molecule has 2 heterocycles. The van der Waals surface area contributed by atoms with E-state index in [9.17, 15) is 9.90 Å². The number of rotatable bonds is 0. The summed E-state index contributed by atoms with van der Waals surface area (Å²) >= 11 is 0. The van der Waals surface area contributed by atoms with Crippen molar-refractivity contribution < 1.29 is 19.4 Å². The van der Waals surface area contributed by atoms with E-state index in [1.807, 2.05) is 20.8 Å². The van der Waals surface area contributed by atoms with Gasteiger partial charge in [0.05, 0.1) is 18.8 Å². The van der Waals surface area contributed by atoms with Gasteiger partial charge in [-0.1, -0.05) is 0 Å². The number of likely N-dealkylation sites (tertiary alicyclic amines) is 1. The van der Waals surface area contributed by atoms with Gasteiger partial charge in [0.2, 0.25) is 0 Å². The normalized spacial score (nSPS) is 33.4. The first-order valence-electron chi connectivity index (χ1n) is 6.12. The van der Waals surface area contributed by atoms with Gasteiger partial charge in [0, 0.05) is 13.0 Å². The lowest BCUT2D eigenvalue weighted by Gasteiger charge is -2.50. The van der Waals surface area contributed by atoms with Gasteiger partial charge < -0.3 is 19.5 Å². The van der Waals surface area contributed by atoms with Crippen LogP contribution in [0.3, 0.4) is 0 Å². The minimum atomic E-state index is -0.600. The third-order valence-corrected chi connectivity index (χ3v) is 3.37. The Morgan fingerprint density at radius 2 is 2.12 bits per heavy atom. The molecule has 2 saturated heterocycles. The second-order valence-electron chi connectivity index (χ2n) is 5.86. The van der Waals surface area contributed by atoms with Crippen LogP contribution in [0.1, 0.15) is 33.6 Å². The number of ether oxygens (including phenoxy) is 2. The van der Waals surface area contributed by atoms with E-state index in [1.165, 1.54) is 0 Å². The Bertz CT molecular complexity index is 306. The van der Waals surface area contributed by atoms with Gasteiger partial charge in [0.15, 0.2) is 0 Å². The van der Waals surface area contributed by atoms with Crippen molar-refractivity contribution in [2.24, 2.45) is 0 Å². The highest BCUT2D eigenvalue weighted by molar-refractivity contribution is 5.68. The summed E-state index contributed by atoms with van der Waals surface area (Å²) in [5, 5.41) is 10.0. The highest BCUT2D eigenvalue weighted by Crippen LogP contribution is 2.37. The van der Waals surface area contributed by atoms with Gasteiger partial charge in [-0.05, 0) is 27.2 Å². The van der Waals surface area contributed by atoms with Gasteiger partial charge in [0.1, 0.15) is 11.7 Å². The molecule has 5 nitrogen and oxygen atoms in total. The van der Waals surface area contributed by atoms with Gasteiger partial charge in [0.25, 0.3) is 0 Å². The fourth-order valence-electron chi connectivity index (χ4n) is 2.27. The van der Waals surface area contributed by atoms with Crippen molar-refractivity contribution >= 4 is 6.09 Å². The predicted molar refractivity (Wildman–Crippen MR) is 61.7 cm³/mol. The Labute approximate surface area is 102 Å². The number of carbonyl (C=O) groups excluding carboxylic acids is 1. The number of nitrogens with zero attached hydrogens (tertiary/aromatic N) is 1. The first-order valence-corrected chi connectivity index (χ1v) is 6.12. The second-order valence-corrected chi connectivity index (χ2v) is 5.86. The number of hydrogen-bond donors (Lipinski definition) is 1. The lowest BCUT2D eigenvalue weighted by atomic mass is 9.82. The van der Waals surface area contributed by atoms with Crippen LogP contribution in [0.5, 0.6) is 0 Å². The molecule has 1 amide bonds. The average Bonchev–Trinajstić information content (AvgIpc) is 2.12. The Kier molecular flexibility index (Phi) is 3.08. The number of amides is 1. The van der Waals surface area contributed by atoms with Crippen molar-refractivity contribution in [1.82, 2.24) is 4.90 Å². The molecule has 0 aromatic rings. The molecule has 2 aliphatic rings. The molecule has 2 unspecified atom stereocenters. The van der Waals surface area contributed by atoms with Crippen LogP contribution < -0.4 is 0 Å². The number of aliphatic hydroxyl groups is 1. The molecule has 0 aromatic heterocycles. The standard InChI is InChI=1S/C12H21NO4/c1-11(2,3)17-10(15)13-6-4-12(5-7-16-12)9(14)8-13/h9,14H,4-8H2,1-3H3. The Balaban J connectivity index is 1.91. The largest absolute Gasteiger partial charge is 0.444 e. The van der Waals surface area contributed by atoms with Crippen LogP contribution in [0.2, 0.25) is 0 Å². The van der Waals surface area contributed by atoms with Gasteiger partial charge in [-0.3, -0.25) is 0 Å². The van der Waals surface area contributed by atoms with Crippen LogP contribution in [0.4, 0.5) is 4.79 Å². The molecule has 1 N–H and O–H groups in total. The average molecular weight is 243 g/mol. The second kappa shape index (κ2) is 4.14. The summed E-state index contributed by atoms with van der Waals surface area (Å²) in [5.41, 5.74) is -0.886. The summed E-state index contributed by atoms with van der Waals surface area (Å²) in [4.78, 5) is 13.4. The smallest absolute Gasteiger partial charge is 0.410 e. The molecule has 98 valence electrons. The fourth-order valence-corrected chi connectivity index (χ4v) is 2.27. The summed E-state index contributed by atoms with van der Waals surface area (Å²) in [6.07, 6.45) is 0.618. The van der Waals surface area contributed by atoms with E-state index in [2.05, 4.69) is 0 Å². The summed E-state index contributed by atoms with van der Waals surface area (Å²) in [6, 6.07) is 0. The highest BCUT2D eigenvalue weighted by Gasteiger charge is 2.49. The summed E-state index contributed by atoms with van der Waals surface area (Å²) < 4.78 is 10.8. The maximum Gasteiger partial charge on any atom is 0.410 e. The molecule has 0 aromatic carbocycles. The number of aliphatic hydroxyl groups excluding tert-OH is 1. The number of carbonyl (C=O) groups is 1. The topological polar surface area (TPSA) is 59.0 Å². The maximum absolute atomic E-state index is 11.8. The van der Waals surface area contributed by atoms with Crippen LogP contribution in [-0.2, 0) is 9.47 Å². The third-order valence-electron chi connectivity index (χ3n) is 3.37. The number of hydrogen-bond acceptors (Lipinski definition) is 4. The molecule has 0 saturated carbocycles. The minimum absolute atomic E-state index is 0.301. The molecule has 2 fully saturated rings. The Morgan fingerprint density at radius 3 is 2.53 bits per heavy atom. The molecule has 0 bridgehead atoms. The lowest BCUT2D eigenvalue weighted by molar-refractivity contribution is -0.225. The zero-order valence-corrected chi connectivity index (χ0v) is 10.7. The van der Waals surface area contributed by atoms with E-state index >= 15 is 0 Å². The van der Waals surface area contributed by atoms with Gasteiger partial charge in [-0.15, -0.1) is 0 Å². The Hall–Kier alpha value is -0.810. The van der Waals surface area contributed by atoms with E-state index in [0.717, 1.165) is 6.42 Å². The molecule has 2 atom stereocenters. The first-order chi connectivity index (χ1) is 7.82. The van der Waals surface area contributed by atoms with E-state index in [1.54, 1.807) is 4.90 Å². The predicted octanol–water partition coefficient (Wildman–Crippen LogP) is 1.15. The van der Waals surface area contributed by atoms with Crippen molar-refractivity contribution in [3.8, 4) is 0 Å². The molecule has 0 aliphatic carbocycles. The van der Waals surface area contributed by atoms with Gasteiger partial charge >= 0.3 is 6.09 Å². The van der Waals surface area contributed by atoms with E-state index in [-0.39, 0.29) is 6.09 Å². The van der Waals surface area contributed by atoms with Crippen molar-refractivity contribution in [2.75, 3.05) is 19.7 Å². The first kappa shape index (κ1) is 12.6. The van der Waals surface area contributed by atoms with E-state index < -0.39 is 17.3 Å². The van der Waals surface area contributed by atoms with E-state index in [4.69, 9.17) is 9.47 Å². The lowest BCUT2D eigenvalue weighted by Crippen LogP contribution is -2.63. The maximum atomic E-state index is 11.8. The zero-order chi connectivity index (χ0) is 12.7. The number of piperidine rings is 1. The molecule has 2 rings (SSSR count). The van der Waals surface area contributed by atoms with Crippen LogP contribution in [0.25, 0.3) is 0 Å². The van der Waals surface area contributed by atoms with Crippen molar-refractivity contribution in [3.05, 3.63) is 0 Å². The van der Waals surface area contributed by atoms with Crippen LogP contribution in [0.15, 0.2) is 0 Å². The molecule has 1 spiro atoms. The quantitative estimate of drug-likeness (QED) is 0.693. The van der Waals surface area contributed by atoms with Crippen LogP contribution in [0, 0.1) is 0 Å². The van der Waals surface area contributed by atoms with E-state index in [0.29, 0.717) is 26.1 Å². The Morgan fingerprint density at radius 1 is 1.47 bits per heavy atom.